The average molecular weight is 312 g/mol. The third kappa shape index (κ3) is 5.56. The van der Waals surface area contributed by atoms with Crippen LogP contribution in [-0.4, -0.2) is 43.0 Å². The molecule has 1 aromatic carbocycles. The first-order valence-electron chi connectivity index (χ1n) is 7.58. The van der Waals surface area contributed by atoms with Crippen LogP contribution in [-0.2, 0) is 0 Å². The predicted octanol–water partition coefficient (Wildman–Crippen LogP) is 3.23. The van der Waals surface area contributed by atoms with E-state index in [0.29, 0.717) is 10.6 Å². The molecule has 0 spiro atoms. The maximum atomic E-state index is 12.4. The predicted molar refractivity (Wildman–Crippen MR) is 90.3 cm³/mol. The molecular weight excluding hydrogens is 286 g/mol. The van der Waals surface area contributed by atoms with Crippen molar-refractivity contribution in [3.05, 3.63) is 28.8 Å². The Morgan fingerprint density at radius 2 is 1.95 bits per heavy atom. The standard InChI is InChI=1S/C16H26ClN3O/c1-5-18-15-9-8-13(17)10-14(15)16(21)19-12(4)11-20(6-2)7-3/h8-10,12,18H,5-7,11H2,1-4H3,(H,19,21). The lowest BCUT2D eigenvalue weighted by molar-refractivity contribution is 0.0931. The van der Waals surface area contributed by atoms with Gasteiger partial charge in [-0.1, -0.05) is 25.4 Å². The van der Waals surface area contributed by atoms with Crippen LogP contribution in [0.25, 0.3) is 0 Å². The highest BCUT2D eigenvalue weighted by atomic mass is 35.5. The molecule has 0 heterocycles. The zero-order valence-electron chi connectivity index (χ0n) is 13.4. The summed E-state index contributed by atoms with van der Waals surface area (Å²) in [6, 6.07) is 5.43. The lowest BCUT2D eigenvalue weighted by Crippen LogP contribution is -2.42. The summed E-state index contributed by atoms with van der Waals surface area (Å²) in [4.78, 5) is 14.7. The van der Waals surface area contributed by atoms with Gasteiger partial charge in [-0.2, -0.15) is 0 Å². The van der Waals surface area contributed by atoms with Gasteiger partial charge >= 0.3 is 0 Å². The molecule has 1 amide bonds. The molecule has 0 aliphatic carbocycles. The van der Waals surface area contributed by atoms with E-state index < -0.39 is 0 Å². The molecule has 0 bridgehead atoms. The van der Waals surface area contributed by atoms with Gasteiger partial charge in [0.15, 0.2) is 0 Å². The van der Waals surface area contributed by atoms with Crippen molar-refractivity contribution in [1.82, 2.24) is 10.2 Å². The molecule has 1 unspecified atom stereocenters. The summed E-state index contributed by atoms with van der Waals surface area (Å²) in [5.74, 6) is -0.0897. The van der Waals surface area contributed by atoms with Gasteiger partial charge in [0.25, 0.3) is 5.91 Å². The van der Waals surface area contributed by atoms with Gasteiger partial charge in [0.1, 0.15) is 0 Å². The number of nitrogens with zero attached hydrogens (tertiary/aromatic N) is 1. The molecule has 2 N–H and O–H groups in total. The number of hydrogen-bond acceptors (Lipinski definition) is 3. The van der Waals surface area contributed by atoms with E-state index in [-0.39, 0.29) is 11.9 Å². The zero-order chi connectivity index (χ0) is 15.8. The summed E-state index contributed by atoms with van der Waals surface area (Å²) in [6.45, 7) is 11.8. The number of benzene rings is 1. The largest absolute Gasteiger partial charge is 0.385 e. The molecule has 21 heavy (non-hydrogen) atoms. The second-order valence-electron chi connectivity index (χ2n) is 5.08. The van der Waals surface area contributed by atoms with Crippen LogP contribution in [0.4, 0.5) is 5.69 Å². The highest BCUT2D eigenvalue weighted by Gasteiger charge is 2.15. The van der Waals surface area contributed by atoms with Gasteiger partial charge < -0.3 is 15.5 Å². The minimum atomic E-state index is -0.0897. The molecule has 1 atom stereocenters. The summed E-state index contributed by atoms with van der Waals surface area (Å²) in [6.07, 6.45) is 0. The molecule has 1 rings (SSSR count). The minimum absolute atomic E-state index is 0.0888. The molecule has 0 saturated heterocycles. The van der Waals surface area contributed by atoms with Crippen molar-refractivity contribution in [1.29, 1.82) is 0 Å². The summed E-state index contributed by atoms with van der Waals surface area (Å²) >= 11 is 6.01. The van der Waals surface area contributed by atoms with E-state index in [9.17, 15) is 4.79 Å². The second-order valence-corrected chi connectivity index (χ2v) is 5.52. The van der Waals surface area contributed by atoms with Crippen LogP contribution < -0.4 is 10.6 Å². The Balaban J connectivity index is 2.76. The lowest BCUT2D eigenvalue weighted by atomic mass is 10.1. The van der Waals surface area contributed by atoms with E-state index in [1.165, 1.54) is 0 Å². The number of likely N-dealkylation sites (N-methyl/N-ethyl adjacent to an activating group) is 1. The molecule has 0 aliphatic heterocycles. The fourth-order valence-corrected chi connectivity index (χ4v) is 2.44. The van der Waals surface area contributed by atoms with E-state index in [1.54, 1.807) is 12.1 Å². The number of anilines is 1. The first kappa shape index (κ1) is 17.8. The van der Waals surface area contributed by atoms with Gasteiger partial charge in [-0.05, 0) is 45.1 Å². The van der Waals surface area contributed by atoms with Crippen molar-refractivity contribution in [3.8, 4) is 0 Å². The van der Waals surface area contributed by atoms with Crippen LogP contribution in [0, 0.1) is 0 Å². The van der Waals surface area contributed by atoms with E-state index >= 15 is 0 Å². The maximum absolute atomic E-state index is 12.4. The second kappa shape index (κ2) is 8.90. The highest BCUT2D eigenvalue weighted by Crippen LogP contribution is 2.20. The zero-order valence-corrected chi connectivity index (χ0v) is 14.1. The normalized spacial score (nSPS) is 12.3. The number of hydrogen-bond donors (Lipinski definition) is 2. The third-order valence-corrected chi connectivity index (χ3v) is 3.63. The Labute approximate surface area is 132 Å². The van der Waals surface area contributed by atoms with Crippen LogP contribution in [0.5, 0.6) is 0 Å². The van der Waals surface area contributed by atoms with Crippen molar-refractivity contribution in [3.63, 3.8) is 0 Å². The van der Waals surface area contributed by atoms with Crippen molar-refractivity contribution in [2.45, 2.75) is 33.7 Å². The monoisotopic (exact) mass is 311 g/mol. The first-order valence-corrected chi connectivity index (χ1v) is 7.96. The molecule has 0 aromatic heterocycles. The maximum Gasteiger partial charge on any atom is 0.253 e. The number of carbonyl (C=O) groups excluding carboxylic acids is 1. The third-order valence-electron chi connectivity index (χ3n) is 3.40. The Bertz CT molecular complexity index is 461. The molecule has 0 fully saturated rings. The topological polar surface area (TPSA) is 44.4 Å². The van der Waals surface area contributed by atoms with E-state index in [0.717, 1.165) is 31.9 Å². The van der Waals surface area contributed by atoms with Crippen LogP contribution >= 0.6 is 11.6 Å². The number of carbonyl (C=O) groups is 1. The SMILES string of the molecule is CCNc1ccc(Cl)cc1C(=O)NC(C)CN(CC)CC. The molecular formula is C16H26ClN3O. The summed E-state index contributed by atoms with van der Waals surface area (Å²) in [7, 11) is 0. The highest BCUT2D eigenvalue weighted by molar-refractivity contribution is 6.31. The van der Waals surface area contributed by atoms with Crippen molar-refractivity contribution in [2.24, 2.45) is 0 Å². The van der Waals surface area contributed by atoms with Gasteiger partial charge in [0.2, 0.25) is 0 Å². The number of nitrogens with one attached hydrogen (secondary N) is 2. The molecule has 0 radical (unpaired) electrons. The molecule has 4 nitrogen and oxygen atoms in total. The Kier molecular flexibility index (Phi) is 7.54. The van der Waals surface area contributed by atoms with Crippen LogP contribution in [0.1, 0.15) is 38.1 Å². The number of halogens is 1. The van der Waals surface area contributed by atoms with Gasteiger partial charge in [-0.15, -0.1) is 0 Å². The molecule has 0 saturated carbocycles. The summed E-state index contributed by atoms with van der Waals surface area (Å²) < 4.78 is 0. The average Bonchev–Trinajstić information content (AvgIpc) is 2.46. The van der Waals surface area contributed by atoms with Crippen molar-refractivity contribution in [2.75, 3.05) is 31.5 Å². The van der Waals surface area contributed by atoms with Gasteiger partial charge in [-0.25, -0.2) is 0 Å². The summed E-state index contributed by atoms with van der Waals surface area (Å²) in [5.41, 5.74) is 1.41. The number of rotatable bonds is 8. The Morgan fingerprint density at radius 3 is 2.52 bits per heavy atom. The van der Waals surface area contributed by atoms with Crippen LogP contribution in [0.2, 0.25) is 5.02 Å². The van der Waals surface area contributed by atoms with Crippen LogP contribution in [0.3, 0.4) is 0 Å². The Hall–Kier alpha value is -1.26. The quantitative estimate of drug-likeness (QED) is 0.774. The molecule has 1 aromatic rings. The molecule has 5 heteroatoms. The molecule has 0 aliphatic rings. The van der Waals surface area contributed by atoms with Gasteiger partial charge in [0, 0.05) is 29.8 Å². The van der Waals surface area contributed by atoms with Crippen LogP contribution in [0.15, 0.2) is 18.2 Å². The fourth-order valence-electron chi connectivity index (χ4n) is 2.27. The Morgan fingerprint density at radius 1 is 1.29 bits per heavy atom. The lowest BCUT2D eigenvalue weighted by Gasteiger charge is -2.23. The van der Waals surface area contributed by atoms with Crippen molar-refractivity contribution >= 4 is 23.2 Å². The van der Waals surface area contributed by atoms with E-state index in [2.05, 4.69) is 29.4 Å². The summed E-state index contributed by atoms with van der Waals surface area (Å²) in [5, 5.41) is 6.80. The van der Waals surface area contributed by atoms with Crippen molar-refractivity contribution < 1.29 is 4.79 Å². The van der Waals surface area contributed by atoms with E-state index in [4.69, 9.17) is 11.6 Å². The first-order chi connectivity index (χ1) is 10.0. The fraction of sp³-hybridized carbons (Fsp3) is 0.562. The smallest absolute Gasteiger partial charge is 0.253 e. The molecule has 118 valence electrons. The minimum Gasteiger partial charge on any atom is -0.385 e. The van der Waals surface area contributed by atoms with Gasteiger partial charge in [-0.3, -0.25) is 4.79 Å². The van der Waals surface area contributed by atoms with Gasteiger partial charge in [0.05, 0.1) is 5.56 Å². The van der Waals surface area contributed by atoms with E-state index in [1.807, 2.05) is 19.9 Å². The number of amides is 1.